The first-order chi connectivity index (χ1) is 12.4. The van der Waals surface area contributed by atoms with Gasteiger partial charge in [0.05, 0.1) is 17.2 Å². The first-order valence-electron chi connectivity index (χ1n) is 8.27. The van der Waals surface area contributed by atoms with Crippen molar-refractivity contribution in [2.24, 2.45) is 5.92 Å². The average Bonchev–Trinajstić information content (AvgIpc) is 2.67. The average molecular weight is 530 g/mol. The first kappa shape index (κ1) is 22.3. The number of nitriles is 1. The molecule has 1 aliphatic carbocycles. The number of benzene rings is 2. The summed E-state index contributed by atoms with van der Waals surface area (Å²) in [6.07, 6.45) is 4.04. The van der Waals surface area contributed by atoms with Gasteiger partial charge in [-0.25, -0.2) is 0 Å². The van der Waals surface area contributed by atoms with Gasteiger partial charge in [-0.05, 0) is 37.5 Å². The Morgan fingerprint density at radius 2 is 1.85 bits per heavy atom. The Morgan fingerprint density at radius 1 is 1.27 bits per heavy atom. The van der Waals surface area contributed by atoms with Gasteiger partial charge in [0, 0.05) is 5.82 Å². The predicted molar refractivity (Wildman–Crippen MR) is 94.0 cm³/mol. The van der Waals surface area contributed by atoms with Crippen LogP contribution in [0.3, 0.4) is 0 Å². The Labute approximate surface area is 165 Å². The molecule has 5 heteroatoms. The number of hydrogen-bond acceptors (Lipinski definition) is 3. The van der Waals surface area contributed by atoms with E-state index in [-0.39, 0.29) is 11.4 Å². The van der Waals surface area contributed by atoms with Gasteiger partial charge in [-0.15, -0.1) is 6.07 Å². The molecule has 0 unspecified atom stereocenters. The molecule has 0 amide bonds. The van der Waals surface area contributed by atoms with E-state index < -0.39 is 0 Å². The fraction of sp³-hybridized carbons (Fsp3) is 0.333. The molecule has 0 heterocycles. The first-order valence-corrected chi connectivity index (χ1v) is 9.31. The molecule has 0 saturated heterocycles. The normalized spacial score (nSPS) is 21.3. The van der Waals surface area contributed by atoms with Gasteiger partial charge in [0.25, 0.3) is 0 Å². The predicted octanol–water partition coefficient (Wildman–Crippen LogP) is 4.80. The molecule has 3 rings (SSSR count). The summed E-state index contributed by atoms with van der Waals surface area (Å²) in [5.74, 6) is 0.285. The van der Waals surface area contributed by atoms with E-state index in [1.165, 1.54) is 6.07 Å². The maximum atomic E-state index is 13.4. The van der Waals surface area contributed by atoms with Crippen LogP contribution < -0.4 is 0 Å². The Balaban J connectivity index is 0.000000263. The van der Waals surface area contributed by atoms with Crippen molar-refractivity contribution >= 4 is 0 Å². The standard InChI is InChI=1S/C13H7FN.C8H15O.O.Os/c14-13-4-2-1-3-12(13)11-7-5-10(9-15)6-8-11;1-7-3-5-8(2,9)6-4-7;;/h1,3-8H;7,9H,1,3-6H2,2H3;;/q2*-1;;. The summed E-state index contributed by atoms with van der Waals surface area (Å²) in [5.41, 5.74) is 1.48. The molecule has 26 heavy (non-hydrogen) atoms. The van der Waals surface area contributed by atoms with E-state index in [0.29, 0.717) is 35.6 Å². The third-order valence-electron chi connectivity index (χ3n) is 4.32. The summed E-state index contributed by atoms with van der Waals surface area (Å²) in [6, 6.07) is 16.1. The minimum absolute atomic E-state index is 0.304. The van der Waals surface area contributed by atoms with Gasteiger partial charge in [-0.3, -0.25) is 4.39 Å². The maximum absolute atomic E-state index is 13.4. The Morgan fingerprint density at radius 3 is 2.31 bits per heavy atom. The number of aliphatic hydroxyl groups is 1. The molecule has 0 aliphatic heterocycles. The zero-order chi connectivity index (χ0) is 19.6. The number of rotatable bonds is 1. The van der Waals surface area contributed by atoms with Crippen LogP contribution in [0.2, 0.25) is 0 Å². The minimum atomic E-state index is -0.381. The molecular weight excluding hydrogens is 507 g/mol. The summed E-state index contributed by atoms with van der Waals surface area (Å²) in [7, 11) is 0. The van der Waals surface area contributed by atoms with Crippen molar-refractivity contribution in [1.82, 2.24) is 0 Å². The van der Waals surface area contributed by atoms with Gasteiger partial charge < -0.3 is 12.0 Å². The fourth-order valence-electron chi connectivity index (χ4n) is 2.67. The van der Waals surface area contributed by atoms with Crippen LogP contribution in [0.1, 0.15) is 38.2 Å². The van der Waals surface area contributed by atoms with Crippen LogP contribution in [0.4, 0.5) is 4.39 Å². The summed E-state index contributed by atoms with van der Waals surface area (Å²) in [5, 5.41) is 18.1. The van der Waals surface area contributed by atoms with Crippen molar-refractivity contribution in [3.63, 3.8) is 0 Å². The molecule has 1 saturated carbocycles. The molecule has 1 fully saturated rings. The van der Waals surface area contributed by atoms with Gasteiger partial charge >= 0.3 is 22.1 Å². The van der Waals surface area contributed by atoms with Crippen LogP contribution in [0.25, 0.3) is 11.1 Å². The molecule has 140 valence electrons. The molecule has 0 radical (unpaired) electrons. The van der Waals surface area contributed by atoms with E-state index in [1.807, 2.05) is 13.0 Å². The van der Waals surface area contributed by atoms with Gasteiger partial charge in [-0.2, -0.15) is 29.4 Å². The van der Waals surface area contributed by atoms with E-state index >= 15 is 0 Å². The molecular formula is C21H22FNO2Os-2. The van der Waals surface area contributed by atoms with Gasteiger partial charge in [0.1, 0.15) is 0 Å². The van der Waals surface area contributed by atoms with Crippen molar-refractivity contribution in [1.29, 1.82) is 5.26 Å². The van der Waals surface area contributed by atoms with E-state index in [9.17, 15) is 9.50 Å². The van der Waals surface area contributed by atoms with Gasteiger partial charge in [-0.1, -0.05) is 30.5 Å². The summed E-state index contributed by atoms with van der Waals surface area (Å²) < 4.78 is 21.6. The second-order valence-corrected chi connectivity index (χ2v) is 6.54. The molecule has 0 spiro atoms. The Kier molecular flexibility index (Phi) is 9.50. The van der Waals surface area contributed by atoms with Crippen LogP contribution >= 0.6 is 0 Å². The Bertz CT molecular complexity index is 716. The topological polar surface area (TPSA) is 61.1 Å². The second-order valence-electron chi connectivity index (χ2n) is 6.54. The van der Waals surface area contributed by atoms with Crippen molar-refractivity contribution in [2.45, 2.75) is 38.2 Å². The van der Waals surface area contributed by atoms with Crippen LogP contribution in [-0.4, -0.2) is 10.7 Å². The molecule has 2 aromatic carbocycles. The quantitative estimate of drug-likeness (QED) is 0.540. The molecule has 0 bridgehead atoms. The van der Waals surface area contributed by atoms with Crippen LogP contribution in [0.15, 0.2) is 42.5 Å². The van der Waals surface area contributed by atoms with Gasteiger partial charge in [0.15, 0.2) is 0 Å². The SMILES string of the molecule is N#Cc1ccc(-c2cc[c-]cc2F)cc1.[CH2-]C1CCC(C)(O)CC1.[O]=[Os]. The summed E-state index contributed by atoms with van der Waals surface area (Å²) in [4.78, 5) is 0. The molecule has 2 aromatic rings. The number of halogens is 1. The molecule has 0 aromatic heterocycles. The van der Waals surface area contributed by atoms with Crippen molar-refractivity contribution in [2.75, 3.05) is 0 Å². The summed E-state index contributed by atoms with van der Waals surface area (Å²) >= 11 is 0.611. The van der Waals surface area contributed by atoms with Crippen molar-refractivity contribution in [3.05, 3.63) is 66.8 Å². The van der Waals surface area contributed by atoms with Crippen molar-refractivity contribution < 1.29 is 31.6 Å². The molecule has 3 nitrogen and oxygen atoms in total. The molecule has 1 N–H and O–H groups in total. The Hall–Kier alpha value is -1.74. The fourth-order valence-corrected chi connectivity index (χ4v) is 2.67. The third kappa shape index (κ3) is 7.24. The zero-order valence-corrected chi connectivity index (χ0v) is 17.2. The van der Waals surface area contributed by atoms with Gasteiger partial charge in [0.2, 0.25) is 0 Å². The van der Waals surface area contributed by atoms with Crippen LogP contribution in [0, 0.1) is 36.1 Å². The van der Waals surface area contributed by atoms with Crippen molar-refractivity contribution in [3.8, 4) is 17.2 Å². The monoisotopic (exact) mass is 531 g/mol. The zero-order valence-electron chi connectivity index (χ0n) is 14.7. The third-order valence-corrected chi connectivity index (χ3v) is 4.32. The van der Waals surface area contributed by atoms with E-state index in [1.54, 1.807) is 36.4 Å². The van der Waals surface area contributed by atoms with E-state index in [2.05, 4.69) is 13.0 Å². The van der Waals surface area contributed by atoms with E-state index in [4.69, 9.17) is 8.80 Å². The second kappa shape index (κ2) is 11.1. The number of nitrogens with zero attached hydrogens (tertiary/aromatic N) is 1. The van der Waals surface area contributed by atoms with E-state index in [0.717, 1.165) is 31.2 Å². The van der Waals surface area contributed by atoms with Crippen LogP contribution in [-0.2, 0) is 22.1 Å². The summed E-state index contributed by atoms with van der Waals surface area (Å²) in [6.45, 7) is 5.87. The molecule has 0 atom stereocenters. The molecule has 1 aliphatic rings. The van der Waals surface area contributed by atoms with Crippen LogP contribution in [0.5, 0.6) is 0 Å². The number of hydrogen-bond donors (Lipinski definition) is 1.